The average molecular weight is 408 g/mol. The molecule has 0 spiro atoms. The maximum atomic E-state index is 3.52. The first-order valence-electron chi connectivity index (χ1n) is 6.44. The van der Waals surface area contributed by atoms with Crippen molar-refractivity contribution in [3.8, 4) is 11.5 Å². The summed E-state index contributed by atoms with van der Waals surface area (Å²) < 4.78 is 0.908. The largest absolute Gasteiger partial charge is 0.129 e. The fourth-order valence-corrected chi connectivity index (χ4v) is 2.98. The maximum Gasteiger partial charge on any atom is 0.129 e. The Hall–Kier alpha value is -0.823. The van der Waals surface area contributed by atoms with Gasteiger partial charge in [-0.3, -0.25) is 0 Å². The van der Waals surface area contributed by atoms with Crippen LogP contribution in [-0.2, 0) is 0 Å². The molecule has 0 aliphatic carbocycles. The molecule has 3 heteroatoms. The summed E-state index contributed by atoms with van der Waals surface area (Å²) >= 11 is 7.04. The molecule has 20 heavy (non-hydrogen) atoms. The van der Waals surface area contributed by atoms with Gasteiger partial charge in [0.1, 0.15) is 8.07 Å². The Labute approximate surface area is 138 Å². The van der Waals surface area contributed by atoms with Crippen LogP contribution in [0.25, 0.3) is 16.3 Å². The van der Waals surface area contributed by atoms with Crippen LogP contribution < -0.4 is 0 Å². The highest BCUT2D eigenvalue weighted by Gasteiger charge is 2.09. The van der Waals surface area contributed by atoms with E-state index in [0.29, 0.717) is 0 Å². The van der Waals surface area contributed by atoms with Gasteiger partial charge in [-0.15, -0.1) is 5.54 Å². The Morgan fingerprint density at radius 1 is 0.950 bits per heavy atom. The lowest BCUT2D eigenvalue weighted by atomic mass is 10.0. The van der Waals surface area contributed by atoms with Crippen LogP contribution in [0, 0.1) is 11.5 Å². The third-order valence-corrected chi connectivity index (χ3v) is 4.46. The van der Waals surface area contributed by atoms with E-state index >= 15 is 0 Å². The summed E-state index contributed by atoms with van der Waals surface area (Å²) in [5.41, 5.74) is 5.57. The van der Waals surface area contributed by atoms with Crippen LogP contribution >= 0.6 is 31.9 Å². The number of fused-ring (bicyclic) bond motifs is 1. The van der Waals surface area contributed by atoms with Gasteiger partial charge in [0.05, 0.1) is 8.96 Å². The number of allylic oxidation sites excluding steroid dienone is 1. The first-order valence-corrected chi connectivity index (χ1v) is 11.5. The van der Waals surface area contributed by atoms with Crippen LogP contribution in [0.4, 0.5) is 0 Å². The Balaban J connectivity index is 2.53. The predicted octanol–water partition coefficient (Wildman–Crippen LogP) is 6.18. The van der Waals surface area contributed by atoms with E-state index in [0.717, 1.165) is 14.5 Å². The summed E-state index contributed by atoms with van der Waals surface area (Å²) in [6.45, 7) is 6.75. The second-order valence-electron chi connectivity index (χ2n) is 5.70. The quantitative estimate of drug-likeness (QED) is 0.391. The van der Waals surface area contributed by atoms with Crippen LogP contribution in [0.2, 0.25) is 19.6 Å². The third kappa shape index (κ3) is 4.08. The van der Waals surface area contributed by atoms with Gasteiger partial charge >= 0.3 is 0 Å². The van der Waals surface area contributed by atoms with Crippen molar-refractivity contribution in [2.24, 2.45) is 0 Å². The fourth-order valence-electron chi connectivity index (χ4n) is 1.82. The van der Waals surface area contributed by atoms with Crippen LogP contribution in [0.3, 0.4) is 0 Å². The molecule has 0 aromatic heterocycles. The van der Waals surface area contributed by atoms with Gasteiger partial charge in [0.15, 0.2) is 0 Å². The molecule has 2 rings (SSSR count). The molecule has 0 N–H and O–H groups in total. The van der Waals surface area contributed by atoms with E-state index < -0.39 is 8.07 Å². The number of hydrogen-bond acceptors (Lipinski definition) is 0. The van der Waals surface area contributed by atoms with E-state index in [9.17, 15) is 0 Å². The monoisotopic (exact) mass is 406 g/mol. The summed E-state index contributed by atoms with van der Waals surface area (Å²) in [4.78, 5) is 0. The minimum absolute atomic E-state index is 0.908. The van der Waals surface area contributed by atoms with Crippen LogP contribution in [0.15, 0.2) is 45.9 Å². The summed E-state index contributed by atoms with van der Waals surface area (Å²) in [5, 5.41) is 2.48. The summed E-state index contributed by atoms with van der Waals surface area (Å²) in [7, 11) is -1.39. The Kier molecular flexibility index (Phi) is 4.90. The molecule has 0 radical (unpaired) electrons. The van der Waals surface area contributed by atoms with Crippen molar-refractivity contribution in [1.82, 2.24) is 0 Å². The number of hydrogen-bond donors (Lipinski definition) is 0. The van der Waals surface area contributed by atoms with Crippen LogP contribution in [0.5, 0.6) is 0 Å². The molecular weight excluding hydrogens is 392 g/mol. The number of halogens is 2. The van der Waals surface area contributed by atoms with E-state index in [2.05, 4.69) is 105 Å². The molecule has 2 aromatic carbocycles. The highest BCUT2D eigenvalue weighted by Crippen LogP contribution is 2.29. The molecule has 0 heterocycles. The topological polar surface area (TPSA) is 0 Å². The van der Waals surface area contributed by atoms with E-state index in [1.807, 2.05) is 0 Å². The molecule has 0 bridgehead atoms. The zero-order chi connectivity index (χ0) is 14.8. The molecule has 0 saturated heterocycles. The molecule has 2 aromatic rings. The molecule has 0 aliphatic heterocycles. The van der Waals surface area contributed by atoms with Crippen molar-refractivity contribution in [2.75, 3.05) is 0 Å². The van der Waals surface area contributed by atoms with E-state index in [-0.39, 0.29) is 0 Å². The van der Waals surface area contributed by atoms with E-state index in [1.165, 1.54) is 10.8 Å². The van der Waals surface area contributed by atoms with E-state index in [1.54, 1.807) is 0 Å². The lowest BCUT2D eigenvalue weighted by Gasteiger charge is -2.07. The zero-order valence-electron chi connectivity index (χ0n) is 11.8. The van der Waals surface area contributed by atoms with Crippen molar-refractivity contribution < 1.29 is 0 Å². The van der Waals surface area contributed by atoms with Gasteiger partial charge in [-0.1, -0.05) is 62.0 Å². The maximum absolute atomic E-state index is 3.52. The second kappa shape index (κ2) is 6.30. The van der Waals surface area contributed by atoms with Gasteiger partial charge in [-0.25, -0.2) is 0 Å². The van der Waals surface area contributed by atoms with Gasteiger partial charge in [0.2, 0.25) is 0 Å². The Bertz CT molecular complexity index is 724. The molecule has 102 valence electrons. The van der Waals surface area contributed by atoms with Crippen LogP contribution in [0.1, 0.15) is 5.56 Å². The Morgan fingerprint density at radius 3 is 2.20 bits per heavy atom. The number of rotatable bonds is 1. The molecular formula is C17H16Br2Si. The lowest BCUT2D eigenvalue weighted by Crippen LogP contribution is -2.16. The average Bonchev–Trinajstić information content (AvgIpc) is 2.37. The van der Waals surface area contributed by atoms with Crippen molar-refractivity contribution >= 4 is 56.3 Å². The van der Waals surface area contributed by atoms with E-state index in [4.69, 9.17) is 0 Å². The third-order valence-electron chi connectivity index (χ3n) is 2.79. The van der Waals surface area contributed by atoms with Gasteiger partial charge in [-0.2, -0.15) is 0 Å². The van der Waals surface area contributed by atoms with Crippen molar-refractivity contribution in [3.63, 3.8) is 0 Å². The molecule has 0 fully saturated rings. The van der Waals surface area contributed by atoms with Gasteiger partial charge in [0.25, 0.3) is 0 Å². The van der Waals surface area contributed by atoms with Gasteiger partial charge in [-0.05, 0) is 54.3 Å². The van der Waals surface area contributed by atoms with Crippen molar-refractivity contribution in [1.29, 1.82) is 0 Å². The second-order valence-corrected chi connectivity index (χ2v) is 13.1. The first kappa shape index (κ1) is 15.6. The van der Waals surface area contributed by atoms with Crippen molar-refractivity contribution in [3.05, 3.63) is 51.4 Å². The minimum Gasteiger partial charge on any atom is -0.127 e. The molecule has 0 amide bonds. The first-order chi connectivity index (χ1) is 9.37. The molecule has 0 aliphatic rings. The highest BCUT2D eigenvalue weighted by atomic mass is 79.9. The summed E-state index contributed by atoms with van der Waals surface area (Å²) in [6.07, 6.45) is 0. The summed E-state index contributed by atoms with van der Waals surface area (Å²) in [5.74, 6) is 3.34. The van der Waals surface area contributed by atoms with Crippen molar-refractivity contribution in [2.45, 2.75) is 19.6 Å². The fraction of sp³-hybridized carbons (Fsp3) is 0.176. The number of benzene rings is 2. The minimum atomic E-state index is -1.39. The molecule has 0 unspecified atom stereocenters. The van der Waals surface area contributed by atoms with Crippen LogP contribution in [-0.4, -0.2) is 8.07 Å². The smallest absolute Gasteiger partial charge is 0.127 e. The normalized spacial score (nSPS) is 10.8. The lowest BCUT2D eigenvalue weighted by molar-refractivity contribution is 1.68. The summed E-state index contributed by atoms with van der Waals surface area (Å²) in [6, 6.07) is 14.8. The molecule has 0 nitrogen and oxygen atoms in total. The Morgan fingerprint density at radius 2 is 1.60 bits per heavy atom. The molecule has 0 saturated carbocycles. The van der Waals surface area contributed by atoms with Gasteiger partial charge in [0, 0.05) is 0 Å². The SMILES string of the molecule is C[Si](C)(C)C#CC(=C(Br)Br)c1ccc2ccccc2c1. The molecule has 0 atom stereocenters. The standard InChI is InChI=1S/C17H16Br2Si/c1-20(2,3)11-10-16(17(18)19)15-9-8-13-6-4-5-7-14(13)12-15/h4-9,12H,1-3H3. The highest BCUT2D eigenvalue weighted by molar-refractivity contribution is 9.28. The van der Waals surface area contributed by atoms with Gasteiger partial charge < -0.3 is 0 Å². The zero-order valence-corrected chi connectivity index (χ0v) is 16.0. The predicted molar refractivity (Wildman–Crippen MR) is 99.8 cm³/mol.